The molecule has 1 fully saturated rings. The van der Waals surface area contributed by atoms with Crippen LogP contribution in [0.5, 0.6) is 0 Å². The highest BCUT2D eigenvalue weighted by atomic mass is 127. The quantitative estimate of drug-likeness (QED) is 0.651. The molecular formula is C15H21IN2O. The summed E-state index contributed by atoms with van der Waals surface area (Å²) in [6, 6.07) is 10.3. The lowest BCUT2D eigenvalue weighted by molar-refractivity contribution is -0.126. The van der Waals surface area contributed by atoms with Gasteiger partial charge >= 0.3 is 0 Å². The lowest BCUT2D eigenvalue weighted by Gasteiger charge is -2.27. The van der Waals surface area contributed by atoms with Gasteiger partial charge in [-0.2, -0.15) is 0 Å². The van der Waals surface area contributed by atoms with Crippen LogP contribution in [0.25, 0.3) is 0 Å². The molecule has 3 nitrogen and oxygen atoms in total. The Kier molecular flexibility index (Phi) is 5.63. The molecule has 1 aromatic carbocycles. The van der Waals surface area contributed by atoms with Crippen LogP contribution in [0.4, 0.5) is 0 Å². The fourth-order valence-electron chi connectivity index (χ4n) is 2.41. The molecule has 1 heterocycles. The number of hydrogen-bond acceptors (Lipinski definition) is 2. The second kappa shape index (κ2) is 7.24. The van der Waals surface area contributed by atoms with Gasteiger partial charge in [-0.25, -0.2) is 3.11 Å². The topological polar surface area (TPSA) is 32.3 Å². The summed E-state index contributed by atoms with van der Waals surface area (Å²) in [5.41, 5.74) is 1.28. The third-order valence-electron chi connectivity index (χ3n) is 3.76. The van der Waals surface area contributed by atoms with E-state index in [4.69, 9.17) is 0 Å². The van der Waals surface area contributed by atoms with E-state index in [-0.39, 0.29) is 11.8 Å². The second-order valence-electron chi connectivity index (χ2n) is 5.24. The molecule has 0 saturated carbocycles. The van der Waals surface area contributed by atoms with E-state index in [1.165, 1.54) is 5.56 Å². The number of rotatable bonds is 4. The van der Waals surface area contributed by atoms with E-state index in [2.05, 4.69) is 50.4 Å². The zero-order valence-corrected chi connectivity index (χ0v) is 13.5. The Balaban J connectivity index is 1.77. The van der Waals surface area contributed by atoms with Crippen molar-refractivity contribution in [1.82, 2.24) is 8.43 Å². The second-order valence-corrected chi connectivity index (χ2v) is 6.61. The SMILES string of the molecule is CC(CNC(=O)C1CCN(I)CC1)c1ccccc1. The molecule has 104 valence electrons. The van der Waals surface area contributed by atoms with Crippen molar-refractivity contribution in [1.29, 1.82) is 0 Å². The Labute approximate surface area is 129 Å². The monoisotopic (exact) mass is 372 g/mol. The van der Waals surface area contributed by atoms with Gasteiger partial charge in [0, 0.05) is 48.4 Å². The lowest BCUT2D eigenvalue weighted by Crippen LogP contribution is -2.38. The molecule has 0 aliphatic carbocycles. The molecule has 1 N–H and O–H groups in total. The predicted octanol–water partition coefficient (Wildman–Crippen LogP) is 2.97. The summed E-state index contributed by atoms with van der Waals surface area (Å²) in [4.78, 5) is 12.1. The van der Waals surface area contributed by atoms with Crippen LogP contribution in [0, 0.1) is 5.92 Å². The number of halogens is 1. The Morgan fingerprint density at radius 2 is 2.00 bits per heavy atom. The van der Waals surface area contributed by atoms with E-state index < -0.39 is 0 Å². The van der Waals surface area contributed by atoms with E-state index in [0.717, 1.165) is 32.5 Å². The van der Waals surface area contributed by atoms with Crippen LogP contribution in [0.2, 0.25) is 0 Å². The summed E-state index contributed by atoms with van der Waals surface area (Å²) in [5.74, 6) is 0.802. The van der Waals surface area contributed by atoms with Crippen molar-refractivity contribution in [2.24, 2.45) is 5.92 Å². The summed E-state index contributed by atoms with van der Waals surface area (Å²) in [6.45, 7) is 4.93. The first-order valence-electron chi connectivity index (χ1n) is 6.90. The highest BCUT2D eigenvalue weighted by Crippen LogP contribution is 2.20. The molecule has 0 radical (unpaired) electrons. The maximum atomic E-state index is 12.1. The molecule has 1 saturated heterocycles. The maximum Gasteiger partial charge on any atom is 0.223 e. The fraction of sp³-hybridized carbons (Fsp3) is 0.533. The van der Waals surface area contributed by atoms with Crippen molar-refractivity contribution in [2.45, 2.75) is 25.7 Å². The van der Waals surface area contributed by atoms with Crippen LogP contribution in [-0.4, -0.2) is 28.7 Å². The first-order valence-corrected chi connectivity index (χ1v) is 7.86. The average molecular weight is 372 g/mol. The first kappa shape index (κ1) is 14.8. The number of nitrogens with one attached hydrogen (secondary N) is 1. The first-order chi connectivity index (χ1) is 9.16. The third kappa shape index (κ3) is 4.45. The van der Waals surface area contributed by atoms with Gasteiger partial charge in [-0.15, -0.1) is 0 Å². The number of benzene rings is 1. The standard InChI is InChI=1S/C15H21IN2O/c1-12(13-5-3-2-4-6-13)11-17-15(19)14-7-9-18(16)10-8-14/h2-6,12,14H,7-11H2,1H3,(H,17,19). The van der Waals surface area contributed by atoms with Gasteiger partial charge in [0.25, 0.3) is 0 Å². The predicted molar refractivity (Wildman–Crippen MR) is 86.2 cm³/mol. The molecule has 1 amide bonds. The third-order valence-corrected chi connectivity index (χ3v) is 4.73. The summed E-state index contributed by atoms with van der Waals surface area (Å²) < 4.78 is 2.26. The van der Waals surface area contributed by atoms with E-state index in [9.17, 15) is 4.79 Å². The number of hydrogen-bond donors (Lipinski definition) is 1. The van der Waals surface area contributed by atoms with Crippen LogP contribution < -0.4 is 5.32 Å². The minimum Gasteiger partial charge on any atom is -0.355 e. The van der Waals surface area contributed by atoms with Crippen molar-refractivity contribution in [2.75, 3.05) is 19.6 Å². The Morgan fingerprint density at radius 3 is 2.63 bits per heavy atom. The molecule has 1 unspecified atom stereocenters. The molecule has 1 aliphatic heterocycles. The molecule has 1 atom stereocenters. The molecule has 1 aromatic rings. The van der Waals surface area contributed by atoms with Gasteiger partial charge in [-0.3, -0.25) is 4.79 Å². The molecule has 0 bridgehead atoms. The van der Waals surface area contributed by atoms with E-state index in [1.54, 1.807) is 0 Å². The molecule has 1 aliphatic rings. The molecule has 0 aromatic heterocycles. The number of amides is 1. The van der Waals surface area contributed by atoms with E-state index in [1.807, 2.05) is 18.2 Å². The lowest BCUT2D eigenvalue weighted by atomic mass is 9.96. The highest BCUT2D eigenvalue weighted by Gasteiger charge is 2.23. The van der Waals surface area contributed by atoms with Gasteiger partial charge < -0.3 is 5.32 Å². The van der Waals surface area contributed by atoms with Crippen LogP contribution in [0.15, 0.2) is 30.3 Å². The Hall–Kier alpha value is -0.620. The van der Waals surface area contributed by atoms with Gasteiger partial charge in [0.15, 0.2) is 0 Å². The average Bonchev–Trinajstić information content (AvgIpc) is 2.46. The van der Waals surface area contributed by atoms with E-state index >= 15 is 0 Å². The number of carbonyl (C=O) groups excluding carboxylic acids is 1. The van der Waals surface area contributed by atoms with Crippen LogP contribution >= 0.6 is 22.9 Å². The molecule has 4 heteroatoms. The smallest absolute Gasteiger partial charge is 0.223 e. The highest BCUT2D eigenvalue weighted by molar-refractivity contribution is 14.1. The maximum absolute atomic E-state index is 12.1. The van der Waals surface area contributed by atoms with Crippen LogP contribution in [0.1, 0.15) is 31.2 Å². The van der Waals surface area contributed by atoms with Crippen molar-refractivity contribution in [3.63, 3.8) is 0 Å². The Morgan fingerprint density at radius 1 is 1.37 bits per heavy atom. The number of carbonyl (C=O) groups is 1. The normalized spacial score (nSPS) is 19.1. The van der Waals surface area contributed by atoms with Gasteiger partial charge in [0.05, 0.1) is 0 Å². The minimum absolute atomic E-state index is 0.203. The van der Waals surface area contributed by atoms with Gasteiger partial charge in [-0.05, 0) is 24.3 Å². The molecule has 2 rings (SSSR count). The Bertz CT molecular complexity index is 402. The van der Waals surface area contributed by atoms with Crippen molar-refractivity contribution >= 4 is 28.8 Å². The summed E-state index contributed by atoms with van der Waals surface area (Å²) >= 11 is 2.33. The summed E-state index contributed by atoms with van der Waals surface area (Å²) in [6.07, 6.45) is 1.96. The van der Waals surface area contributed by atoms with Crippen LogP contribution in [-0.2, 0) is 4.79 Å². The summed E-state index contributed by atoms with van der Waals surface area (Å²) in [5, 5.41) is 3.11. The molecule has 19 heavy (non-hydrogen) atoms. The van der Waals surface area contributed by atoms with Gasteiger partial charge in [0.2, 0.25) is 5.91 Å². The van der Waals surface area contributed by atoms with Gasteiger partial charge in [0.1, 0.15) is 0 Å². The van der Waals surface area contributed by atoms with E-state index in [0.29, 0.717) is 5.92 Å². The zero-order chi connectivity index (χ0) is 13.7. The van der Waals surface area contributed by atoms with Crippen molar-refractivity contribution < 1.29 is 4.79 Å². The molecule has 0 spiro atoms. The van der Waals surface area contributed by atoms with Crippen molar-refractivity contribution in [3.05, 3.63) is 35.9 Å². The minimum atomic E-state index is 0.203. The number of piperidine rings is 1. The largest absolute Gasteiger partial charge is 0.355 e. The summed E-state index contributed by atoms with van der Waals surface area (Å²) in [7, 11) is 0. The molecular weight excluding hydrogens is 351 g/mol. The van der Waals surface area contributed by atoms with Crippen molar-refractivity contribution in [3.8, 4) is 0 Å². The zero-order valence-electron chi connectivity index (χ0n) is 11.3. The van der Waals surface area contributed by atoms with Gasteiger partial charge in [-0.1, -0.05) is 37.3 Å². The number of nitrogens with zero attached hydrogens (tertiary/aromatic N) is 1. The fourth-order valence-corrected chi connectivity index (χ4v) is 2.96. The van der Waals surface area contributed by atoms with Crippen LogP contribution in [0.3, 0.4) is 0 Å².